The Morgan fingerprint density at radius 2 is 2.15 bits per heavy atom. The van der Waals surface area contributed by atoms with Gasteiger partial charge in [-0.25, -0.2) is 0 Å². The summed E-state index contributed by atoms with van der Waals surface area (Å²) in [5, 5.41) is 9.72. The zero-order valence-electron chi connectivity index (χ0n) is 12.0. The number of nitrogens with zero attached hydrogens (tertiary/aromatic N) is 2. The molecule has 2 rings (SSSR count). The van der Waals surface area contributed by atoms with Gasteiger partial charge < -0.3 is 10.0 Å². The van der Waals surface area contributed by atoms with Crippen LogP contribution in [-0.2, 0) is 0 Å². The van der Waals surface area contributed by atoms with Crippen molar-refractivity contribution in [3.05, 3.63) is 27.3 Å². The van der Waals surface area contributed by atoms with Crippen molar-refractivity contribution in [2.24, 2.45) is 0 Å². The van der Waals surface area contributed by atoms with Crippen LogP contribution in [0.5, 0.6) is 5.75 Å². The number of carbonyl (C=O) groups excluding carboxylic acids is 1. The van der Waals surface area contributed by atoms with Crippen LogP contribution in [-0.4, -0.2) is 53.0 Å². The van der Waals surface area contributed by atoms with E-state index in [0.29, 0.717) is 11.6 Å². The Balaban J connectivity index is 2.05. The van der Waals surface area contributed by atoms with Gasteiger partial charge in [0.2, 0.25) is 0 Å². The highest BCUT2D eigenvalue weighted by molar-refractivity contribution is 14.1. The first-order valence-corrected chi connectivity index (χ1v) is 8.16. The van der Waals surface area contributed by atoms with Gasteiger partial charge in [-0.1, -0.05) is 13.8 Å². The van der Waals surface area contributed by atoms with E-state index in [9.17, 15) is 9.90 Å². The van der Waals surface area contributed by atoms with E-state index in [0.717, 1.165) is 36.2 Å². The Hall–Kier alpha value is -0.820. The van der Waals surface area contributed by atoms with Crippen molar-refractivity contribution in [1.29, 1.82) is 0 Å². The first-order chi connectivity index (χ1) is 9.56. The van der Waals surface area contributed by atoms with E-state index in [1.165, 1.54) is 0 Å². The number of hydrogen-bond acceptors (Lipinski definition) is 3. The predicted octanol–water partition coefficient (Wildman–Crippen LogP) is 2.55. The number of rotatable bonds is 4. The maximum absolute atomic E-state index is 12.4. The second-order valence-electron chi connectivity index (χ2n) is 5.08. The third-order valence-electron chi connectivity index (χ3n) is 3.97. The molecule has 1 unspecified atom stereocenters. The molecule has 1 aliphatic rings. The first-order valence-electron chi connectivity index (χ1n) is 7.08. The van der Waals surface area contributed by atoms with E-state index in [1.807, 2.05) is 4.90 Å². The lowest BCUT2D eigenvalue weighted by atomic mass is 10.2. The van der Waals surface area contributed by atoms with Gasteiger partial charge in [0.15, 0.2) is 0 Å². The minimum Gasteiger partial charge on any atom is -0.507 e. The molecule has 1 N–H and O–H groups in total. The Bertz CT molecular complexity index is 489. The highest BCUT2D eigenvalue weighted by Gasteiger charge is 2.29. The van der Waals surface area contributed by atoms with Crippen LogP contribution in [0.3, 0.4) is 0 Å². The normalized spacial score (nSPS) is 18.8. The number of benzene rings is 1. The van der Waals surface area contributed by atoms with Gasteiger partial charge in [-0.2, -0.15) is 0 Å². The molecule has 1 amide bonds. The number of aromatic hydroxyl groups is 1. The molecular weight excluding hydrogens is 367 g/mol. The van der Waals surface area contributed by atoms with Gasteiger partial charge in [-0.15, -0.1) is 0 Å². The highest BCUT2D eigenvalue weighted by atomic mass is 127. The number of phenols is 1. The van der Waals surface area contributed by atoms with Crippen LogP contribution >= 0.6 is 22.6 Å². The van der Waals surface area contributed by atoms with Crippen molar-refractivity contribution in [1.82, 2.24) is 9.80 Å². The molecule has 0 bridgehead atoms. The van der Waals surface area contributed by atoms with Gasteiger partial charge in [0.05, 0.1) is 3.57 Å². The number of likely N-dealkylation sites (tertiary alicyclic amines) is 1. The number of likely N-dealkylation sites (N-methyl/N-ethyl adjacent to an activating group) is 1. The summed E-state index contributed by atoms with van der Waals surface area (Å²) in [5.41, 5.74) is 0.572. The van der Waals surface area contributed by atoms with Crippen LogP contribution < -0.4 is 0 Å². The van der Waals surface area contributed by atoms with E-state index in [-0.39, 0.29) is 11.7 Å². The lowest BCUT2D eigenvalue weighted by Crippen LogP contribution is -2.38. The molecule has 1 aromatic rings. The minimum atomic E-state index is 0.0198. The molecule has 0 aromatic heterocycles. The number of phenolic OH excluding ortho intramolecular Hbond substituents is 1. The topological polar surface area (TPSA) is 43.8 Å². The van der Waals surface area contributed by atoms with Crippen LogP contribution in [0.15, 0.2) is 18.2 Å². The second-order valence-corrected chi connectivity index (χ2v) is 6.24. The van der Waals surface area contributed by atoms with Crippen molar-refractivity contribution in [3.63, 3.8) is 0 Å². The van der Waals surface area contributed by atoms with Crippen molar-refractivity contribution < 1.29 is 9.90 Å². The number of amides is 1. The molecule has 20 heavy (non-hydrogen) atoms. The third kappa shape index (κ3) is 3.25. The molecule has 1 atom stereocenters. The van der Waals surface area contributed by atoms with Crippen LogP contribution in [0.1, 0.15) is 30.6 Å². The zero-order valence-corrected chi connectivity index (χ0v) is 14.1. The van der Waals surface area contributed by atoms with E-state index >= 15 is 0 Å². The zero-order chi connectivity index (χ0) is 14.7. The van der Waals surface area contributed by atoms with E-state index in [4.69, 9.17) is 0 Å². The number of halogens is 1. The molecule has 0 spiro atoms. The van der Waals surface area contributed by atoms with Gasteiger partial charge in [0, 0.05) is 24.7 Å². The fraction of sp³-hybridized carbons (Fsp3) is 0.533. The SMILES string of the molecule is CCN(CC)C1CCN(C(=O)c2ccc(I)c(O)c2)C1. The van der Waals surface area contributed by atoms with Gasteiger partial charge in [-0.3, -0.25) is 9.69 Å². The summed E-state index contributed by atoms with van der Waals surface area (Å²) < 4.78 is 0.765. The lowest BCUT2D eigenvalue weighted by Gasteiger charge is -2.26. The molecule has 1 heterocycles. The van der Waals surface area contributed by atoms with Crippen molar-refractivity contribution in [3.8, 4) is 5.75 Å². The Morgan fingerprint density at radius 3 is 2.75 bits per heavy atom. The molecule has 1 aromatic carbocycles. The fourth-order valence-corrected chi connectivity index (χ4v) is 3.13. The quantitative estimate of drug-likeness (QED) is 0.807. The monoisotopic (exact) mass is 388 g/mol. The molecule has 5 heteroatoms. The molecule has 1 saturated heterocycles. The van der Waals surface area contributed by atoms with Crippen LogP contribution in [0.2, 0.25) is 0 Å². The largest absolute Gasteiger partial charge is 0.507 e. The highest BCUT2D eigenvalue weighted by Crippen LogP contribution is 2.23. The van der Waals surface area contributed by atoms with Crippen LogP contribution in [0, 0.1) is 3.57 Å². The van der Waals surface area contributed by atoms with E-state index < -0.39 is 0 Å². The number of carbonyl (C=O) groups is 1. The summed E-state index contributed by atoms with van der Waals surface area (Å²) in [6, 6.07) is 5.59. The van der Waals surface area contributed by atoms with E-state index in [1.54, 1.807) is 18.2 Å². The van der Waals surface area contributed by atoms with E-state index in [2.05, 4.69) is 41.3 Å². The van der Waals surface area contributed by atoms with Gasteiger partial charge in [0.1, 0.15) is 5.75 Å². The third-order valence-corrected chi connectivity index (χ3v) is 4.88. The standard InChI is InChI=1S/C15H21IN2O2/c1-3-17(4-2)12-7-8-18(10-12)15(20)11-5-6-13(16)14(19)9-11/h5-6,9,12,19H,3-4,7-8,10H2,1-2H3. The molecule has 0 saturated carbocycles. The van der Waals surface area contributed by atoms with Crippen molar-refractivity contribution in [2.45, 2.75) is 26.3 Å². The fourth-order valence-electron chi connectivity index (χ4n) is 2.79. The summed E-state index contributed by atoms with van der Waals surface area (Å²) in [7, 11) is 0. The lowest BCUT2D eigenvalue weighted by molar-refractivity contribution is 0.0777. The summed E-state index contributed by atoms with van der Waals surface area (Å²) >= 11 is 2.05. The van der Waals surface area contributed by atoms with Gasteiger partial charge in [-0.05, 0) is 60.3 Å². The predicted molar refractivity (Wildman–Crippen MR) is 88.1 cm³/mol. The summed E-state index contributed by atoms with van der Waals surface area (Å²) in [4.78, 5) is 16.7. The first kappa shape index (κ1) is 15.6. The summed E-state index contributed by atoms with van der Waals surface area (Å²) in [6.07, 6.45) is 1.03. The number of hydrogen-bond donors (Lipinski definition) is 1. The minimum absolute atomic E-state index is 0.0198. The van der Waals surface area contributed by atoms with Gasteiger partial charge >= 0.3 is 0 Å². The van der Waals surface area contributed by atoms with Crippen molar-refractivity contribution in [2.75, 3.05) is 26.2 Å². The Morgan fingerprint density at radius 1 is 1.45 bits per heavy atom. The summed E-state index contributed by atoms with van der Waals surface area (Å²) in [6.45, 7) is 7.94. The average Bonchev–Trinajstić information content (AvgIpc) is 2.92. The maximum atomic E-state index is 12.4. The molecule has 0 radical (unpaired) electrons. The van der Waals surface area contributed by atoms with Gasteiger partial charge in [0.25, 0.3) is 5.91 Å². The molecule has 4 nitrogen and oxygen atoms in total. The molecule has 0 aliphatic carbocycles. The maximum Gasteiger partial charge on any atom is 0.254 e. The molecular formula is C15H21IN2O2. The molecule has 110 valence electrons. The summed E-state index contributed by atoms with van der Waals surface area (Å²) in [5.74, 6) is 0.197. The molecule has 1 fully saturated rings. The smallest absolute Gasteiger partial charge is 0.254 e. The molecule has 1 aliphatic heterocycles. The average molecular weight is 388 g/mol. The Kier molecular flexibility index (Phi) is 5.26. The van der Waals surface area contributed by atoms with Crippen molar-refractivity contribution >= 4 is 28.5 Å². The van der Waals surface area contributed by atoms with Crippen LogP contribution in [0.4, 0.5) is 0 Å². The van der Waals surface area contributed by atoms with Crippen LogP contribution in [0.25, 0.3) is 0 Å². The Labute approximate surface area is 133 Å². The second kappa shape index (κ2) is 6.76.